The van der Waals surface area contributed by atoms with Crippen LogP contribution in [0.25, 0.3) is 0 Å². The SMILES string of the molecule is Cn1cnnc1CN=C(N)SCc1nncn1C. The Labute approximate surface area is 108 Å². The number of aliphatic imine (C=N–C) groups is 1. The van der Waals surface area contributed by atoms with Crippen molar-refractivity contribution < 1.29 is 0 Å². The van der Waals surface area contributed by atoms with E-state index in [0.29, 0.717) is 17.5 Å². The summed E-state index contributed by atoms with van der Waals surface area (Å²) in [5.74, 6) is 2.28. The normalized spacial score (nSPS) is 12.0. The topological polar surface area (TPSA) is 99.8 Å². The molecule has 2 aromatic rings. The van der Waals surface area contributed by atoms with E-state index < -0.39 is 0 Å². The van der Waals surface area contributed by atoms with E-state index in [1.807, 2.05) is 23.2 Å². The van der Waals surface area contributed by atoms with Gasteiger partial charge in [0.05, 0.1) is 5.75 Å². The van der Waals surface area contributed by atoms with E-state index in [-0.39, 0.29) is 0 Å². The molecule has 0 bridgehead atoms. The van der Waals surface area contributed by atoms with Gasteiger partial charge in [-0.25, -0.2) is 0 Å². The highest BCUT2D eigenvalue weighted by molar-refractivity contribution is 8.13. The van der Waals surface area contributed by atoms with E-state index >= 15 is 0 Å². The second kappa shape index (κ2) is 5.63. The molecular formula is C9H14N8S. The first-order chi connectivity index (χ1) is 8.66. The van der Waals surface area contributed by atoms with Gasteiger partial charge in [0, 0.05) is 14.1 Å². The Kier molecular flexibility index (Phi) is 3.92. The zero-order valence-corrected chi connectivity index (χ0v) is 11.0. The van der Waals surface area contributed by atoms with Crippen molar-refractivity contribution in [1.82, 2.24) is 29.5 Å². The molecule has 2 heterocycles. The van der Waals surface area contributed by atoms with Crippen LogP contribution in [-0.4, -0.2) is 34.7 Å². The maximum atomic E-state index is 5.81. The van der Waals surface area contributed by atoms with Gasteiger partial charge >= 0.3 is 0 Å². The van der Waals surface area contributed by atoms with Gasteiger partial charge in [-0.3, -0.25) is 4.99 Å². The van der Waals surface area contributed by atoms with Crippen molar-refractivity contribution in [1.29, 1.82) is 0 Å². The fraction of sp³-hybridized carbons (Fsp3) is 0.444. The third kappa shape index (κ3) is 3.06. The fourth-order valence-electron chi connectivity index (χ4n) is 1.22. The minimum Gasteiger partial charge on any atom is -0.379 e. The summed E-state index contributed by atoms with van der Waals surface area (Å²) in [6, 6.07) is 0. The molecule has 2 rings (SSSR count). The minimum absolute atomic E-state index is 0.425. The van der Waals surface area contributed by atoms with E-state index in [1.54, 1.807) is 12.7 Å². The van der Waals surface area contributed by atoms with Crippen LogP contribution >= 0.6 is 11.8 Å². The van der Waals surface area contributed by atoms with E-state index in [1.165, 1.54) is 11.8 Å². The van der Waals surface area contributed by atoms with Crippen LogP contribution in [0.15, 0.2) is 17.6 Å². The number of aromatic nitrogens is 6. The molecule has 0 aliphatic rings. The number of thioether (sulfide) groups is 1. The molecule has 2 aromatic heterocycles. The number of nitrogens with two attached hydrogens (primary N) is 1. The Hall–Kier alpha value is -1.90. The van der Waals surface area contributed by atoms with Crippen LogP contribution in [0.4, 0.5) is 0 Å². The summed E-state index contributed by atoms with van der Waals surface area (Å²) in [6.45, 7) is 0.425. The van der Waals surface area contributed by atoms with E-state index in [0.717, 1.165) is 11.6 Å². The molecule has 0 spiro atoms. The van der Waals surface area contributed by atoms with Crippen molar-refractivity contribution >= 4 is 16.9 Å². The van der Waals surface area contributed by atoms with Gasteiger partial charge in [0.15, 0.2) is 11.0 Å². The third-order valence-electron chi connectivity index (χ3n) is 2.34. The Morgan fingerprint density at radius 1 is 1.22 bits per heavy atom. The van der Waals surface area contributed by atoms with Crippen LogP contribution in [0.3, 0.4) is 0 Å². The van der Waals surface area contributed by atoms with Gasteiger partial charge in [-0.15, -0.1) is 20.4 Å². The summed E-state index contributed by atoms with van der Waals surface area (Å²) in [5, 5.41) is 16.0. The average molecular weight is 266 g/mol. The summed E-state index contributed by atoms with van der Waals surface area (Å²) >= 11 is 1.42. The smallest absolute Gasteiger partial charge is 0.154 e. The van der Waals surface area contributed by atoms with Crippen molar-refractivity contribution in [2.24, 2.45) is 24.8 Å². The van der Waals surface area contributed by atoms with Crippen molar-refractivity contribution in [2.45, 2.75) is 12.3 Å². The van der Waals surface area contributed by atoms with Gasteiger partial charge < -0.3 is 14.9 Å². The number of amidine groups is 1. The maximum Gasteiger partial charge on any atom is 0.154 e. The van der Waals surface area contributed by atoms with Crippen LogP contribution in [0, 0.1) is 0 Å². The first-order valence-electron chi connectivity index (χ1n) is 5.25. The first-order valence-corrected chi connectivity index (χ1v) is 6.24. The lowest BCUT2D eigenvalue weighted by atomic mass is 10.6. The summed E-state index contributed by atoms with van der Waals surface area (Å²) in [4.78, 5) is 4.23. The molecule has 0 fully saturated rings. The highest BCUT2D eigenvalue weighted by Crippen LogP contribution is 2.09. The molecule has 0 saturated heterocycles. The van der Waals surface area contributed by atoms with Gasteiger partial charge in [-0.1, -0.05) is 11.8 Å². The fourth-order valence-corrected chi connectivity index (χ4v) is 1.92. The Balaban J connectivity index is 1.86. The molecular weight excluding hydrogens is 252 g/mol. The molecule has 9 heteroatoms. The number of nitrogens with zero attached hydrogens (tertiary/aromatic N) is 7. The minimum atomic E-state index is 0.425. The summed E-state index contributed by atoms with van der Waals surface area (Å²) in [6.07, 6.45) is 3.29. The highest BCUT2D eigenvalue weighted by atomic mass is 32.2. The summed E-state index contributed by atoms with van der Waals surface area (Å²) in [5.41, 5.74) is 5.81. The predicted molar refractivity (Wildman–Crippen MR) is 68.6 cm³/mol. The molecule has 96 valence electrons. The zero-order chi connectivity index (χ0) is 13.0. The number of rotatable bonds is 4. The Bertz CT molecular complexity index is 542. The first kappa shape index (κ1) is 12.6. The molecule has 0 amide bonds. The third-order valence-corrected chi connectivity index (χ3v) is 3.16. The molecule has 0 unspecified atom stereocenters. The highest BCUT2D eigenvalue weighted by Gasteiger charge is 2.03. The molecule has 2 N–H and O–H groups in total. The lowest BCUT2D eigenvalue weighted by molar-refractivity contribution is 0.794. The molecule has 0 aliphatic heterocycles. The van der Waals surface area contributed by atoms with Crippen LogP contribution in [0.1, 0.15) is 11.6 Å². The van der Waals surface area contributed by atoms with Gasteiger partial charge in [0.1, 0.15) is 25.0 Å². The van der Waals surface area contributed by atoms with Crippen molar-refractivity contribution in [3.05, 3.63) is 24.3 Å². The lowest BCUT2D eigenvalue weighted by Gasteiger charge is -2.01. The zero-order valence-electron chi connectivity index (χ0n) is 10.2. The van der Waals surface area contributed by atoms with E-state index in [4.69, 9.17) is 5.73 Å². The van der Waals surface area contributed by atoms with E-state index in [9.17, 15) is 0 Å². The quantitative estimate of drug-likeness (QED) is 0.602. The molecule has 8 nitrogen and oxygen atoms in total. The van der Waals surface area contributed by atoms with Crippen LogP contribution in [0.5, 0.6) is 0 Å². The van der Waals surface area contributed by atoms with Crippen LogP contribution < -0.4 is 5.73 Å². The molecule has 0 aliphatic carbocycles. The Morgan fingerprint density at radius 2 is 1.83 bits per heavy atom. The van der Waals surface area contributed by atoms with Gasteiger partial charge in [0.25, 0.3) is 0 Å². The number of hydrogen-bond donors (Lipinski definition) is 1. The van der Waals surface area contributed by atoms with Crippen molar-refractivity contribution in [3.8, 4) is 0 Å². The molecule has 18 heavy (non-hydrogen) atoms. The molecule has 0 radical (unpaired) electrons. The second-order valence-corrected chi connectivity index (χ2v) is 4.65. The monoisotopic (exact) mass is 266 g/mol. The largest absolute Gasteiger partial charge is 0.379 e. The van der Waals surface area contributed by atoms with E-state index in [2.05, 4.69) is 25.4 Å². The number of hydrogen-bond acceptors (Lipinski definition) is 6. The van der Waals surface area contributed by atoms with Crippen molar-refractivity contribution in [3.63, 3.8) is 0 Å². The molecule has 0 aromatic carbocycles. The average Bonchev–Trinajstić information content (AvgIpc) is 2.93. The standard InChI is InChI=1S/C9H14N8S/c1-16-5-12-14-7(16)3-11-9(10)18-4-8-15-13-6-17(8)2/h5-6H,3-4H2,1-2H3,(H2,10,11). The summed E-state index contributed by atoms with van der Waals surface area (Å²) < 4.78 is 3.66. The van der Waals surface area contributed by atoms with Crippen LogP contribution in [-0.2, 0) is 26.4 Å². The Morgan fingerprint density at radius 3 is 2.39 bits per heavy atom. The van der Waals surface area contributed by atoms with Gasteiger partial charge in [-0.05, 0) is 0 Å². The second-order valence-electron chi connectivity index (χ2n) is 3.66. The summed E-state index contributed by atoms with van der Waals surface area (Å²) in [7, 11) is 3.76. The maximum absolute atomic E-state index is 5.81. The predicted octanol–water partition coefficient (Wildman–Crippen LogP) is -0.308. The lowest BCUT2D eigenvalue weighted by Crippen LogP contribution is -2.09. The van der Waals surface area contributed by atoms with Crippen LogP contribution in [0.2, 0.25) is 0 Å². The molecule has 0 atom stereocenters. The van der Waals surface area contributed by atoms with Gasteiger partial charge in [0.2, 0.25) is 0 Å². The number of aryl methyl sites for hydroxylation is 2. The van der Waals surface area contributed by atoms with Crippen molar-refractivity contribution in [2.75, 3.05) is 0 Å². The molecule has 0 saturated carbocycles. The van der Waals surface area contributed by atoms with Gasteiger partial charge in [-0.2, -0.15) is 0 Å².